The molecular weight excluding hydrogens is 236 g/mol. The number of hydrogen-bond donors (Lipinski definition) is 1. The SMILES string of the molecule is CCCCN(C(=O)c1ccccc1NCC)C1CC1. The van der Waals surface area contributed by atoms with Gasteiger partial charge in [-0.3, -0.25) is 4.79 Å². The fourth-order valence-corrected chi connectivity index (χ4v) is 2.33. The molecule has 1 amide bonds. The van der Waals surface area contributed by atoms with Crippen LogP contribution in [0.2, 0.25) is 0 Å². The molecule has 0 saturated heterocycles. The molecule has 0 radical (unpaired) electrons. The van der Waals surface area contributed by atoms with E-state index < -0.39 is 0 Å². The van der Waals surface area contributed by atoms with Crippen LogP contribution in [0.5, 0.6) is 0 Å². The highest BCUT2D eigenvalue weighted by atomic mass is 16.2. The first-order valence-corrected chi connectivity index (χ1v) is 7.41. The first-order valence-electron chi connectivity index (χ1n) is 7.41. The standard InChI is InChI=1S/C16H24N2O/c1-3-5-12-18(13-10-11-13)16(19)14-8-6-7-9-15(14)17-4-2/h6-9,13,17H,3-5,10-12H2,1-2H3. The van der Waals surface area contributed by atoms with E-state index in [9.17, 15) is 4.79 Å². The van der Waals surface area contributed by atoms with Crippen molar-refractivity contribution in [3.05, 3.63) is 29.8 Å². The highest BCUT2D eigenvalue weighted by Crippen LogP contribution is 2.30. The van der Waals surface area contributed by atoms with E-state index in [1.807, 2.05) is 24.3 Å². The van der Waals surface area contributed by atoms with Crippen molar-refractivity contribution in [2.75, 3.05) is 18.4 Å². The predicted molar refractivity (Wildman–Crippen MR) is 79.6 cm³/mol. The maximum atomic E-state index is 12.7. The molecule has 0 aliphatic heterocycles. The van der Waals surface area contributed by atoms with Gasteiger partial charge in [0.1, 0.15) is 0 Å². The molecule has 3 nitrogen and oxygen atoms in total. The van der Waals surface area contributed by atoms with E-state index in [1.54, 1.807) is 0 Å². The minimum atomic E-state index is 0.188. The second kappa shape index (κ2) is 6.60. The van der Waals surface area contributed by atoms with Crippen LogP contribution in [0.3, 0.4) is 0 Å². The van der Waals surface area contributed by atoms with Crippen LogP contribution in [-0.2, 0) is 0 Å². The average molecular weight is 260 g/mol. The van der Waals surface area contributed by atoms with E-state index in [2.05, 4.69) is 24.1 Å². The molecule has 0 heterocycles. The third-order valence-corrected chi connectivity index (χ3v) is 3.53. The summed E-state index contributed by atoms with van der Waals surface area (Å²) in [7, 11) is 0. The van der Waals surface area contributed by atoms with Crippen molar-refractivity contribution in [2.45, 2.75) is 45.6 Å². The molecule has 0 bridgehead atoms. The first kappa shape index (κ1) is 13.9. The van der Waals surface area contributed by atoms with Crippen LogP contribution in [-0.4, -0.2) is 29.9 Å². The zero-order chi connectivity index (χ0) is 13.7. The molecule has 1 saturated carbocycles. The lowest BCUT2D eigenvalue weighted by molar-refractivity contribution is 0.0741. The molecule has 0 aromatic heterocycles. The van der Waals surface area contributed by atoms with E-state index in [4.69, 9.17) is 0 Å². The predicted octanol–water partition coefficient (Wildman–Crippen LogP) is 3.52. The van der Waals surface area contributed by atoms with Gasteiger partial charge in [-0.15, -0.1) is 0 Å². The van der Waals surface area contributed by atoms with Crippen LogP contribution in [0.1, 0.15) is 49.9 Å². The monoisotopic (exact) mass is 260 g/mol. The van der Waals surface area contributed by atoms with E-state index in [0.717, 1.165) is 37.2 Å². The lowest BCUT2D eigenvalue weighted by atomic mass is 10.1. The average Bonchev–Trinajstić information content (AvgIpc) is 3.24. The Kier molecular flexibility index (Phi) is 4.83. The second-order valence-electron chi connectivity index (χ2n) is 5.16. The van der Waals surface area contributed by atoms with E-state index in [-0.39, 0.29) is 5.91 Å². The summed E-state index contributed by atoms with van der Waals surface area (Å²) >= 11 is 0. The number of nitrogens with zero attached hydrogens (tertiary/aromatic N) is 1. The molecule has 1 aliphatic rings. The molecular formula is C16H24N2O. The van der Waals surface area contributed by atoms with Crippen LogP contribution in [0.25, 0.3) is 0 Å². The van der Waals surface area contributed by atoms with Crippen molar-refractivity contribution < 1.29 is 4.79 Å². The molecule has 1 aromatic carbocycles. The summed E-state index contributed by atoms with van der Waals surface area (Å²) in [5.74, 6) is 0.188. The Hall–Kier alpha value is -1.51. The van der Waals surface area contributed by atoms with Crippen LogP contribution in [0, 0.1) is 0 Å². The molecule has 0 unspecified atom stereocenters. The number of amides is 1. The number of nitrogens with one attached hydrogen (secondary N) is 1. The van der Waals surface area contributed by atoms with Crippen LogP contribution >= 0.6 is 0 Å². The van der Waals surface area contributed by atoms with E-state index in [0.29, 0.717) is 6.04 Å². The van der Waals surface area contributed by atoms with Crippen LogP contribution in [0.15, 0.2) is 24.3 Å². The zero-order valence-electron chi connectivity index (χ0n) is 12.0. The number of rotatable bonds is 7. The lowest BCUT2D eigenvalue weighted by Gasteiger charge is -2.23. The number of anilines is 1. The largest absolute Gasteiger partial charge is 0.385 e. The van der Waals surface area contributed by atoms with Gasteiger partial charge >= 0.3 is 0 Å². The Morgan fingerprint density at radius 2 is 2.05 bits per heavy atom. The summed E-state index contributed by atoms with van der Waals surface area (Å²) < 4.78 is 0. The molecule has 19 heavy (non-hydrogen) atoms. The van der Waals surface area contributed by atoms with Gasteiger partial charge < -0.3 is 10.2 Å². The molecule has 1 aliphatic carbocycles. The summed E-state index contributed by atoms with van der Waals surface area (Å²) in [4.78, 5) is 14.8. The number of hydrogen-bond acceptors (Lipinski definition) is 2. The Morgan fingerprint density at radius 1 is 1.32 bits per heavy atom. The molecule has 104 valence electrons. The van der Waals surface area contributed by atoms with Gasteiger partial charge in [-0.05, 0) is 38.3 Å². The number of para-hydroxylation sites is 1. The van der Waals surface area contributed by atoms with Gasteiger partial charge in [-0.25, -0.2) is 0 Å². The van der Waals surface area contributed by atoms with Crippen molar-refractivity contribution in [3.8, 4) is 0 Å². The second-order valence-corrected chi connectivity index (χ2v) is 5.16. The molecule has 2 rings (SSSR count). The fourth-order valence-electron chi connectivity index (χ4n) is 2.33. The summed E-state index contributed by atoms with van der Waals surface area (Å²) in [5.41, 5.74) is 1.77. The highest BCUT2D eigenvalue weighted by Gasteiger charge is 2.33. The molecule has 1 aromatic rings. The molecule has 1 N–H and O–H groups in total. The number of carbonyl (C=O) groups excluding carboxylic acids is 1. The highest BCUT2D eigenvalue weighted by molar-refractivity contribution is 5.99. The maximum Gasteiger partial charge on any atom is 0.256 e. The van der Waals surface area contributed by atoms with Crippen LogP contribution in [0.4, 0.5) is 5.69 Å². The van der Waals surface area contributed by atoms with Gasteiger partial charge in [0, 0.05) is 24.8 Å². The number of carbonyl (C=O) groups is 1. The Morgan fingerprint density at radius 3 is 2.68 bits per heavy atom. The fraction of sp³-hybridized carbons (Fsp3) is 0.562. The summed E-state index contributed by atoms with van der Waals surface area (Å²) in [6, 6.07) is 8.32. The van der Waals surface area contributed by atoms with Crippen molar-refractivity contribution in [1.29, 1.82) is 0 Å². The quantitative estimate of drug-likeness (QED) is 0.813. The topological polar surface area (TPSA) is 32.3 Å². The molecule has 0 spiro atoms. The van der Waals surface area contributed by atoms with Crippen LogP contribution < -0.4 is 5.32 Å². The molecule has 1 fully saturated rings. The van der Waals surface area contributed by atoms with E-state index in [1.165, 1.54) is 12.8 Å². The van der Waals surface area contributed by atoms with Crippen molar-refractivity contribution in [2.24, 2.45) is 0 Å². The Balaban J connectivity index is 2.16. The van der Waals surface area contributed by atoms with Gasteiger partial charge in [-0.1, -0.05) is 25.5 Å². The number of unbranched alkanes of at least 4 members (excludes halogenated alkanes) is 1. The molecule has 3 heteroatoms. The zero-order valence-corrected chi connectivity index (χ0v) is 12.0. The third kappa shape index (κ3) is 3.49. The summed E-state index contributed by atoms with van der Waals surface area (Å²) in [6.45, 7) is 5.95. The normalized spacial score (nSPS) is 14.2. The van der Waals surface area contributed by atoms with E-state index >= 15 is 0 Å². The number of benzene rings is 1. The molecule has 0 atom stereocenters. The van der Waals surface area contributed by atoms with Gasteiger partial charge in [0.05, 0.1) is 5.56 Å². The first-order chi connectivity index (χ1) is 9.27. The lowest BCUT2D eigenvalue weighted by Crippen LogP contribution is -2.34. The minimum absolute atomic E-state index is 0.188. The van der Waals surface area contributed by atoms with Crippen molar-refractivity contribution >= 4 is 11.6 Å². The van der Waals surface area contributed by atoms with Gasteiger partial charge in [0.25, 0.3) is 5.91 Å². The van der Waals surface area contributed by atoms with Gasteiger partial charge in [0.2, 0.25) is 0 Å². The smallest absolute Gasteiger partial charge is 0.256 e. The van der Waals surface area contributed by atoms with Crippen molar-refractivity contribution in [3.63, 3.8) is 0 Å². The third-order valence-electron chi connectivity index (χ3n) is 3.53. The van der Waals surface area contributed by atoms with Gasteiger partial charge in [0.15, 0.2) is 0 Å². The minimum Gasteiger partial charge on any atom is -0.385 e. The summed E-state index contributed by atoms with van der Waals surface area (Å²) in [6.07, 6.45) is 4.55. The van der Waals surface area contributed by atoms with Crippen molar-refractivity contribution in [1.82, 2.24) is 4.90 Å². The van der Waals surface area contributed by atoms with Gasteiger partial charge in [-0.2, -0.15) is 0 Å². The summed E-state index contributed by atoms with van der Waals surface area (Å²) in [5, 5.41) is 3.28. The maximum absolute atomic E-state index is 12.7. The Labute approximate surface area is 116 Å². The Bertz CT molecular complexity index is 427.